The Morgan fingerprint density at radius 3 is 2.33 bits per heavy atom. The van der Waals surface area contributed by atoms with Gasteiger partial charge in [-0.15, -0.1) is 0 Å². The highest BCUT2D eigenvalue weighted by molar-refractivity contribution is 5.81. The molecular weight excluding hydrogens is 196 g/mol. The molecule has 1 aliphatic carbocycles. The molecule has 2 N–H and O–H groups in total. The van der Waals surface area contributed by atoms with E-state index in [2.05, 4.69) is 6.92 Å². The minimum atomic E-state index is -1.23. The largest absolute Gasteiger partial charge is 0.479 e. The number of carboxylic acid groups (broad SMARTS) is 1. The normalized spacial score (nSPS) is 22.6. The van der Waals surface area contributed by atoms with Gasteiger partial charge in [-0.2, -0.15) is 0 Å². The fraction of sp³-hybridized carbons (Fsp3) is 0.818. The van der Waals surface area contributed by atoms with Crippen LogP contribution in [0.1, 0.15) is 46.0 Å². The van der Waals surface area contributed by atoms with Gasteiger partial charge in [-0.3, -0.25) is 4.79 Å². The summed E-state index contributed by atoms with van der Waals surface area (Å²) in [7, 11) is 0. The Balaban J connectivity index is 0.000000288. The van der Waals surface area contributed by atoms with Crippen molar-refractivity contribution in [1.29, 1.82) is 0 Å². The molecule has 1 rings (SSSR count). The Hall–Kier alpha value is -0.900. The van der Waals surface area contributed by atoms with Crippen LogP contribution in [0.2, 0.25) is 0 Å². The summed E-state index contributed by atoms with van der Waals surface area (Å²) in [5.74, 6) is -0.266. The van der Waals surface area contributed by atoms with Gasteiger partial charge in [0.05, 0.1) is 0 Å². The molecule has 1 fully saturated rings. The third kappa shape index (κ3) is 6.23. The Labute approximate surface area is 90.3 Å². The van der Waals surface area contributed by atoms with Gasteiger partial charge < -0.3 is 10.2 Å². The van der Waals surface area contributed by atoms with Crippen LogP contribution in [0.3, 0.4) is 0 Å². The molecule has 0 bridgehead atoms. The molecule has 0 amide bonds. The minimum absolute atomic E-state index is 0.416. The number of hydrogen-bond donors (Lipinski definition) is 2. The van der Waals surface area contributed by atoms with Crippen molar-refractivity contribution in [3.05, 3.63) is 0 Å². The van der Waals surface area contributed by atoms with Crippen LogP contribution >= 0.6 is 0 Å². The number of carbonyl (C=O) groups is 2. The lowest BCUT2D eigenvalue weighted by atomic mass is 9.86. The maximum absolute atomic E-state index is 11.0. The molecule has 0 aromatic heterocycles. The molecular formula is C11H20O4. The molecule has 0 saturated heterocycles. The van der Waals surface area contributed by atoms with Crippen LogP contribution in [0.4, 0.5) is 0 Å². The van der Waals surface area contributed by atoms with Gasteiger partial charge in [0, 0.05) is 12.3 Å². The number of aliphatic carboxylic acids is 1. The van der Waals surface area contributed by atoms with Crippen LogP contribution in [0, 0.1) is 5.92 Å². The van der Waals surface area contributed by atoms with Crippen molar-refractivity contribution in [1.82, 2.24) is 0 Å². The molecule has 88 valence electrons. The van der Waals surface area contributed by atoms with E-state index in [4.69, 9.17) is 10.2 Å². The van der Waals surface area contributed by atoms with Gasteiger partial charge in [0.25, 0.3) is 0 Å². The first kappa shape index (κ1) is 14.1. The van der Waals surface area contributed by atoms with Crippen LogP contribution in [0.15, 0.2) is 0 Å². The lowest BCUT2D eigenvalue weighted by molar-refractivity contribution is -0.145. The summed E-state index contributed by atoms with van der Waals surface area (Å²) in [6.07, 6.45) is 4.22. The summed E-state index contributed by atoms with van der Waals surface area (Å²) >= 11 is 0. The van der Waals surface area contributed by atoms with Crippen molar-refractivity contribution in [2.24, 2.45) is 5.92 Å². The van der Waals surface area contributed by atoms with Crippen LogP contribution in [-0.4, -0.2) is 28.1 Å². The van der Waals surface area contributed by atoms with Crippen LogP contribution < -0.4 is 0 Å². The molecule has 2 unspecified atom stereocenters. The smallest absolute Gasteiger partial charge is 0.332 e. The zero-order valence-electron chi connectivity index (χ0n) is 9.40. The number of carbonyl (C=O) groups excluding carboxylic acids is 1. The van der Waals surface area contributed by atoms with Crippen LogP contribution in [0.25, 0.3) is 0 Å². The van der Waals surface area contributed by atoms with Gasteiger partial charge >= 0.3 is 5.97 Å². The number of aliphatic hydroxyl groups excluding tert-OH is 1. The Morgan fingerprint density at radius 1 is 1.53 bits per heavy atom. The number of Topliss-reactive ketones (excluding diaryl/α,β-unsaturated/α-hetero) is 1. The lowest BCUT2D eigenvalue weighted by Gasteiger charge is -2.17. The SMILES string of the molecule is CC(O)C(=O)O.CCC1CCCCC1=O. The summed E-state index contributed by atoms with van der Waals surface area (Å²) in [5, 5.41) is 15.8. The van der Waals surface area contributed by atoms with E-state index in [0.29, 0.717) is 11.7 Å². The summed E-state index contributed by atoms with van der Waals surface area (Å²) < 4.78 is 0. The molecule has 2 atom stereocenters. The van der Waals surface area contributed by atoms with Gasteiger partial charge in [-0.1, -0.05) is 13.3 Å². The van der Waals surface area contributed by atoms with E-state index in [9.17, 15) is 9.59 Å². The minimum Gasteiger partial charge on any atom is -0.479 e. The average molecular weight is 216 g/mol. The Bertz CT molecular complexity index is 211. The van der Waals surface area contributed by atoms with Crippen LogP contribution in [0.5, 0.6) is 0 Å². The molecule has 4 nitrogen and oxygen atoms in total. The summed E-state index contributed by atoms with van der Waals surface area (Å²) in [6.45, 7) is 3.30. The van der Waals surface area contributed by atoms with E-state index in [1.54, 1.807) is 0 Å². The lowest BCUT2D eigenvalue weighted by Crippen LogP contribution is -2.17. The van der Waals surface area contributed by atoms with Gasteiger partial charge in [-0.25, -0.2) is 4.79 Å². The summed E-state index contributed by atoms with van der Waals surface area (Å²) in [5.41, 5.74) is 0. The van der Waals surface area contributed by atoms with E-state index in [-0.39, 0.29) is 0 Å². The molecule has 0 aromatic carbocycles. The second-order valence-corrected chi connectivity index (χ2v) is 3.83. The van der Waals surface area contributed by atoms with Crippen molar-refractivity contribution in [3.63, 3.8) is 0 Å². The highest BCUT2D eigenvalue weighted by Crippen LogP contribution is 2.22. The van der Waals surface area contributed by atoms with Crippen molar-refractivity contribution in [2.45, 2.75) is 52.1 Å². The third-order valence-corrected chi connectivity index (χ3v) is 2.53. The monoisotopic (exact) mass is 216 g/mol. The van der Waals surface area contributed by atoms with Crippen molar-refractivity contribution in [2.75, 3.05) is 0 Å². The van der Waals surface area contributed by atoms with Gasteiger partial charge in [-0.05, 0) is 26.2 Å². The first-order chi connectivity index (χ1) is 6.99. The Kier molecular flexibility index (Phi) is 6.96. The van der Waals surface area contributed by atoms with E-state index >= 15 is 0 Å². The topological polar surface area (TPSA) is 74.6 Å². The predicted octanol–water partition coefficient (Wildman–Crippen LogP) is 1.61. The highest BCUT2D eigenvalue weighted by atomic mass is 16.4. The van der Waals surface area contributed by atoms with Gasteiger partial charge in [0.15, 0.2) is 0 Å². The molecule has 0 heterocycles. The van der Waals surface area contributed by atoms with Crippen molar-refractivity contribution >= 4 is 11.8 Å². The second-order valence-electron chi connectivity index (χ2n) is 3.83. The molecule has 1 aliphatic rings. The van der Waals surface area contributed by atoms with Gasteiger partial charge in [0.2, 0.25) is 0 Å². The van der Waals surface area contributed by atoms with Crippen molar-refractivity contribution < 1.29 is 19.8 Å². The zero-order valence-corrected chi connectivity index (χ0v) is 9.40. The van der Waals surface area contributed by atoms with Crippen LogP contribution in [-0.2, 0) is 9.59 Å². The van der Waals surface area contributed by atoms with E-state index in [1.165, 1.54) is 13.3 Å². The summed E-state index contributed by atoms with van der Waals surface area (Å²) in [4.78, 5) is 20.5. The molecule has 0 aliphatic heterocycles. The molecule has 1 saturated carbocycles. The number of aliphatic hydroxyl groups is 1. The maximum Gasteiger partial charge on any atom is 0.332 e. The highest BCUT2D eigenvalue weighted by Gasteiger charge is 2.19. The second kappa shape index (κ2) is 7.40. The molecule has 0 radical (unpaired) electrons. The third-order valence-electron chi connectivity index (χ3n) is 2.53. The summed E-state index contributed by atoms with van der Waals surface area (Å²) in [6, 6.07) is 0. The molecule has 0 aromatic rings. The van der Waals surface area contributed by atoms with Gasteiger partial charge in [0.1, 0.15) is 11.9 Å². The fourth-order valence-corrected chi connectivity index (χ4v) is 1.49. The Morgan fingerprint density at radius 2 is 2.07 bits per heavy atom. The molecule has 0 spiro atoms. The first-order valence-corrected chi connectivity index (χ1v) is 5.42. The number of hydrogen-bond acceptors (Lipinski definition) is 3. The van der Waals surface area contributed by atoms with E-state index in [0.717, 1.165) is 25.7 Å². The standard InChI is InChI=1S/C8H14O.C3H6O3/c1-2-7-5-3-4-6-8(7)9;1-2(4)3(5)6/h7H,2-6H2,1H3;2,4H,1H3,(H,5,6). The fourth-order valence-electron chi connectivity index (χ4n) is 1.49. The predicted molar refractivity (Wildman–Crippen MR) is 56.6 cm³/mol. The molecule has 15 heavy (non-hydrogen) atoms. The molecule has 4 heteroatoms. The first-order valence-electron chi connectivity index (χ1n) is 5.42. The van der Waals surface area contributed by atoms with Crippen molar-refractivity contribution in [3.8, 4) is 0 Å². The van der Waals surface area contributed by atoms with E-state index in [1.807, 2.05) is 0 Å². The van der Waals surface area contributed by atoms with E-state index < -0.39 is 12.1 Å². The maximum atomic E-state index is 11.0. The number of rotatable bonds is 2. The zero-order chi connectivity index (χ0) is 11.8. The number of carboxylic acids is 1. The quantitative estimate of drug-likeness (QED) is 0.735. The number of ketones is 1. The average Bonchev–Trinajstić information content (AvgIpc) is 2.19.